The van der Waals surface area contributed by atoms with Gasteiger partial charge in [-0.1, -0.05) is 12.1 Å². The van der Waals surface area contributed by atoms with Crippen molar-refractivity contribution < 1.29 is 9.47 Å². The summed E-state index contributed by atoms with van der Waals surface area (Å²) < 4.78 is 11.1. The van der Waals surface area contributed by atoms with Crippen LogP contribution in [0, 0.1) is 11.3 Å². The minimum atomic E-state index is -0.639. The van der Waals surface area contributed by atoms with Gasteiger partial charge in [0.1, 0.15) is 5.54 Å². The second-order valence-electron chi connectivity index (χ2n) is 4.66. The highest BCUT2D eigenvalue weighted by atomic mass is 16.5. The largest absolute Gasteiger partial charge is 0.493 e. The van der Waals surface area contributed by atoms with Crippen LogP contribution in [0.25, 0.3) is 0 Å². The molecule has 0 amide bonds. The number of benzene rings is 1. The van der Waals surface area contributed by atoms with E-state index in [4.69, 9.17) is 9.47 Å². The maximum atomic E-state index is 9.66. The molecule has 1 aliphatic heterocycles. The zero-order valence-corrected chi connectivity index (χ0v) is 11.1. The normalized spacial score (nSPS) is 22.6. The molecule has 2 rings (SSSR count). The monoisotopic (exact) mass is 246 g/mol. The molecule has 18 heavy (non-hydrogen) atoms. The van der Waals surface area contributed by atoms with E-state index in [0.717, 1.165) is 18.4 Å². The van der Waals surface area contributed by atoms with Crippen molar-refractivity contribution in [1.29, 1.82) is 5.26 Å². The van der Waals surface area contributed by atoms with Crippen molar-refractivity contribution in [3.63, 3.8) is 0 Å². The van der Waals surface area contributed by atoms with Crippen LogP contribution in [0.5, 0.6) is 11.5 Å². The number of nitriles is 1. The highest BCUT2D eigenvalue weighted by Gasteiger charge is 2.39. The Hall–Kier alpha value is -1.73. The molecular weight excluding hydrogens is 228 g/mol. The Kier molecular flexibility index (Phi) is 3.44. The maximum Gasteiger partial charge on any atom is 0.167 e. The zero-order chi connectivity index (χ0) is 13.2. The van der Waals surface area contributed by atoms with Gasteiger partial charge in [-0.25, -0.2) is 0 Å². The van der Waals surface area contributed by atoms with Crippen LogP contribution in [0.2, 0.25) is 0 Å². The second-order valence-corrected chi connectivity index (χ2v) is 4.66. The summed E-state index contributed by atoms with van der Waals surface area (Å²) >= 11 is 0. The van der Waals surface area contributed by atoms with Crippen molar-refractivity contribution in [3.05, 3.63) is 23.8 Å². The Balaban J connectivity index is 2.65. The van der Waals surface area contributed by atoms with Gasteiger partial charge in [-0.3, -0.25) is 4.90 Å². The van der Waals surface area contributed by atoms with Crippen LogP contribution >= 0.6 is 0 Å². The predicted molar refractivity (Wildman–Crippen MR) is 68.7 cm³/mol. The molecule has 0 radical (unpaired) electrons. The molecular formula is C14H18N2O2. The van der Waals surface area contributed by atoms with E-state index in [-0.39, 0.29) is 0 Å². The average molecular weight is 246 g/mol. The van der Waals surface area contributed by atoms with E-state index in [1.165, 1.54) is 0 Å². The van der Waals surface area contributed by atoms with Gasteiger partial charge in [0.25, 0.3) is 0 Å². The second kappa shape index (κ2) is 4.87. The smallest absolute Gasteiger partial charge is 0.167 e. The topological polar surface area (TPSA) is 45.5 Å². The molecule has 0 saturated heterocycles. The minimum Gasteiger partial charge on any atom is -0.493 e. The number of nitrogens with zero attached hydrogens (tertiary/aromatic N) is 2. The fourth-order valence-corrected chi connectivity index (χ4v) is 2.47. The van der Waals surface area contributed by atoms with Gasteiger partial charge in [0.2, 0.25) is 0 Å². The van der Waals surface area contributed by atoms with Crippen LogP contribution in [0.3, 0.4) is 0 Å². The van der Waals surface area contributed by atoms with E-state index in [0.29, 0.717) is 18.1 Å². The van der Waals surface area contributed by atoms with Crippen LogP contribution in [0.15, 0.2) is 18.2 Å². The summed E-state index contributed by atoms with van der Waals surface area (Å²) in [5.74, 6) is 1.39. The number of rotatable bonds is 2. The van der Waals surface area contributed by atoms with Crippen molar-refractivity contribution in [2.24, 2.45) is 0 Å². The van der Waals surface area contributed by atoms with Crippen LogP contribution < -0.4 is 9.47 Å². The first-order valence-corrected chi connectivity index (χ1v) is 6.04. The Morgan fingerprint density at radius 2 is 2.22 bits per heavy atom. The van der Waals surface area contributed by atoms with Crippen LogP contribution in [-0.2, 0) is 5.54 Å². The summed E-state index contributed by atoms with van der Waals surface area (Å²) in [5.41, 5.74) is 0.257. The van der Waals surface area contributed by atoms with E-state index in [9.17, 15) is 5.26 Å². The number of para-hydroxylation sites is 1. The van der Waals surface area contributed by atoms with Gasteiger partial charge < -0.3 is 9.47 Å². The molecule has 96 valence electrons. The highest BCUT2D eigenvalue weighted by Crippen LogP contribution is 2.43. The van der Waals surface area contributed by atoms with Crippen molar-refractivity contribution >= 4 is 0 Å². The molecule has 4 nitrogen and oxygen atoms in total. The molecule has 1 atom stereocenters. The zero-order valence-electron chi connectivity index (χ0n) is 11.1. The third-order valence-corrected chi connectivity index (χ3v) is 3.52. The Bertz CT molecular complexity index is 479. The molecule has 0 aromatic heterocycles. The van der Waals surface area contributed by atoms with Gasteiger partial charge in [-0.05, 0) is 33.0 Å². The lowest BCUT2D eigenvalue weighted by atomic mass is 9.85. The SMILES string of the molecule is COc1cccc2c1OCCCC2(C#N)N(C)C. The lowest BCUT2D eigenvalue weighted by molar-refractivity contribution is 0.202. The molecule has 0 saturated carbocycles. The van der Waals surface area contributed by atoms with Gasteiger partial charge in [0, 0.05) is 5.56 Å². The Labute approximate surface area is 108 Å². The summed E-state index contributed by atoms with van der Waals surface area (Å²) in [5, 5.41) is 9.66. The molecule has 1 unspecified atom stereocenters. The van der Waals surface area contributed by atoms with Crippen LogP contribution in [0.1, 0.15) is 18.4 Å². The third kappa shape index (κ3) is 1.81. The molecule has 4 heteroatoms. The number of hydrogen-bond acceptors (Lipinski definition) is 4. The van der Waals surface area contributed by atoms with Gasteiger partial charge in [-0.2, -0.15) is 5.26 Å². The average Bonchev–Trinajstić information content (AvgIpc) is 2.58. The lowest BCUT2D eigenvalue weighted by Gasteiger charge is -2.33. The molecule has 0 spiro atoms. The minimum absolute atomic E-state index is 0.616. The first-order valence-electron chi connectivity index (χ1n) is 6.04. The third-order valence-electron chi connectivity index (χ3n) is 3.52. The summed E-state index contributed by atoms with van der Waals surface area (Å²) in [4.78, 5) is 1.96. The Morgan fingerprint density at radius 1 is 1.44 bits per heavy atom. The van der Waals surface area contributed by atoms with Gasteiger partial charge in [0.05, 0.1) is 19.8 Å². The molecule has 1 heterocycles. The molecule has 0 bridgehead atoms. The van der Waals surface area contributed by atoms with Crippen LogP contribution in [-0.4, -0.2) is 32.7 Å². The summed E-state index contributed by atoms with van der Waals surface area (Å²) in [6, 6.07) is 8.17. The number of hydrogen-bond donors (Lipinski definition) is 0. The quantitative estimate of drug-likeness (QED) is 0.802. The van der Waals surface area contributed by atoms with E-state index >= 15 is 0 Å². The summed E-state index contributed by atoms with van der Waals surface area (Å²) in [7, 11) is 5.48. The maximum absolute atomic E-state index is 9.66. The van der Waals surface area contributed by atoms with E-state index in [1.807, 2.05) is 37.2 Å². The molecule has 1 aromatic rings. The van der Waals surface area contributed by atoms with Crippen molar-refractivity contribution in [2.45, 2.75) is 18.4 Å². The molecule has 1 aromatic carbocycles. The van der Waals surface area contributed by atoms with E-state index in [1.54, 1.807) is 7.11 Å². The van der Waals surface area contributed by atoms with Gasteiger partial charge in [0.15, 0.2) is 11.5 Å². The fraction of sp³-hybridized carbons (Fsp3) is 0.500. The number of methoxy groups -OCH3 is 1. The van der Waals surface area contributed by atoms with Crippen molar-refractivity contribution in [3.8, 4) is 17.6 Å². The molecule has 0 N–H and O–H groups in total. The van der Waals surface area contributed by atoms with Crippen molar-refractivity contribution in [1.82, 2.24) is 4.90 Å². The molecule has 0 aliphatic carbocycles. The van der Waals surface area contributed by atoms with Gasteiger partial charge >= 0.3 is 0 Å². The standard InChI is InChI=1S/C14H18N2O2/c1-16(2)14(10-15)8-5-9-18-13-11(14)6-4-7-12(13)17-3/h4,6-7H,5,8-9H2,1-3H3. The molecule has 1 aliphatic rings. The molecule has 0 fully saturated rings. The number of fused-ring (bicyclic) bond motifs is 1. The van der Waals surface area contributed by atoms with E-state index in [2.05, 4.69) is 6.07 Å². The highest BCUT2D eigenvalue weighted by molar-refractivity contribution is 5.52. The summed E-state index contributed by atoms with van der Waals surface area (Å²) in [6.07, 6.45) is 1.61. The number of ether oxygens (including phenoxy) is 2. The predicted octanol–water partition coefficient (Wildman–Crippen LogP) is 2.15. The van der Waals surface area contributed by atoms with E-state index < -0.39 is 5.54 Å². The summed E-state index contributed by atoms with van der Waals surface area (Å²) in [6.45, 7) is 0.616. The first-order chi connectivity index (χ1) is 8.65. The fourth-order valence-electron chi connectivity index (χ4n) is 2.47. The van der Waals surface area contributed by atoms with Gasteiger partial charge in [-0.15, -0.1) is 0 Å². The lowest BCUT2D eigenvalue weighted by Crippen LogP contribution is -2.39. The Morgan fingerprint density at radius 3 is 2.83 bits per heavy atom. The van der Waals surface area contributed by atoms with Crippen molar-refractivity contribution in [2.75, 3.05) is 27.8 Å². The first kappa shape index (κ1) is 12.7. The van der Waals surface area contributed by atoms with Crippen LogP contribution in [0.4, 0.5) is 0 Å².